The van der Waals surface area contributed by atoms with Gasteiger partial charge in [-0.3, -0.25) is 4.79 Å². The maximum absolute atomic E-state index is 13.6. The summed E-state index contributed by atoms with van der Waals surface area (Å²) in [5, 5.41) is 2.79. The second kappa shape index (κ2) is 12.6. The predicted molar refractivity (Wildman–Crippen MR) is 157 cm³/mol. The van der Waals surface area contributed by atoms with Crippen molar-refractivity contribution in [2.24, 2.45) is 0 Å². The fraction of sp³-hybridized carbons (Fsp3) is 0.433. The summed E-state index contributed by atoms with van der Waals surface area (Å²) in [5.74, 6) is 0.765. The molecule has 9 nitrogen and oxygen atoms in total. The van der Waals surface area contributed by atoms with Crippen LogP contribution in [0.15, 0.2) is 42.5 Å². The Balaban J connectivity index is 0.00000423. The molecule has 3 heterocycles. The summed E-state index contributed by atoms with van der Waals surface area (Å²) in [4.78, 5) is 29.0. The highest BCUT2D eigenvalue weighted by Crippen LogP contribution is 2.33. The standard InChI is InChI=1S/C30H35F3N6O3.H2/c1-20-4-5-24(34-28(40)22-14-21(19-37(2)3)15-23(16-22)30(31,32)33)17-25(20)26-18-27(38-6-10-41-11-7-38)36-29(35-26)39-8-12-42-13-9-39;/h4-5,14-18H,6-13,19H2,1-3H3,(H,34,40);1H. The summed E-state index contributed by atoms with van der Waals surface area (Å²) in [7, 11) is 3.52. The Bertz CT molecular complexity index is 1390. The average molecular weight is 587 g/mol. The highest BCUT2D eigenvalue weighted by molar-refractivity contribution is 6.04. The molecule has 1 aromatic heterocycles. The van der Waals surface area contributed by atoms with Gasteiger partial charge >= 0.3 is 6.18 Å². The normalized spacial score (nSPS) is 16.2. The lowest BCUT2D eigenvalue weighted by atomic mass is 10.0. The van der Waals surface area contributed by atoms with E-state index in [1.54, 1.807) is 31.1 Å². The second-order valence-corrected chi connectivity index (χ2v) is 10.7. The van der Waals surface area contributed by atoms with Gasteiger partial charge in [0.25, 0.3) is 5.91 Å². The van der Waals surface area contributed by atoms with Crippen molar-refractivity contribution in [2.75, 3.05) is 81.8 Å². The highest BCUT2D eigenvalue weighted by atomic mass is 19.4. The first-order valence-corrected chi connectivity index (χ1v) is 13.9. The van der Waals surface area contributed by atoms with Crippen LogP contribution in [-0.2, 0) is 22.2 Å². The topological polar surface area (TPSA) is 83.1 Å². The number of carbonyl (C=O) groups is 1. The molecule has 2 saturated heterocycles. The fourth-order valence-corrected chi connectivity index (χ4v) is 5.04. The SMILES string of the molecule is Cc1ccc(NC(=O)c2cc(CN(C)C)cc(C(F)(F)F)c2)cc1-c1cc(N2CCOCC2)nc(N2CCOCC2)n1.[HH]. The summed E-state index contributed by atoms with van der Waals surface area (Å²) in [6, 6.07) is 10.8. The van der Waals surface area contributed by atoms with E-state index in [-0.39, 0.29) is 13.5 Å². The lowest BCUT2D eigenvalue weighted by molar-refractivity contribution is -0.137. The minimum Gasteiger partial charge on any atom is -0.378 e. The number of hydrogen-bond acceptors (Lipinski definition) is 8. The van der Waals surface area contributed by atoms with Crippen LogP contribution >= 0.6 is 0 Å². The zero-order chi connectivity index (χ0) is 29.9. The van der Waals surface area contributed by atoms with Crippen LogP contribution < -0.4 is 15.1 Å². The molecule has 0 unspecified atom stereocenters. The summed E-state index contributed by atoms with van der Waals surface area (Å²) in [6.07, 6.45) is -4.57. The average Bonchev–Trinajstić information content (AvgIpc) is 2.98. The maximum atomic E-state index is 13.6. The summed E-state index contributed by atoms with van der Waals surface area (Å²) >= 11 is 0. The van der Waals surface area contributed by atoms with Crippen LogP contribution in [-0.4, -0.2) is 87.5 Å². The van der Waals surface area contributed by atoms with Gasteiger partial charge in [-0.25, -0.2) is 4.98 Å². The van der Waals surface area contributed by atoms with Crippen LogP contribution in [0.3, 0.4) is 0 Å². The Morgan fingerprint density at radius 1 is 0.952 bits per heavy atom. The fourth-order valence-electron chi connectivity index (χ4n) is 5.04. The molecular formula is C30H37F3N6O3. The van der Waals surface area contributed by atoms with Crippen molar-refractivity contribution in [1.29, 1.82) is 0 Å². The van der Waals surface area contributed by atoms with Gasteiger partial charge in [0.1, 0.15) is 5.82 Å². The summed E-state index contributed by atoms with van der Waals surface area (Å²) in [5.41, 5.74) is 2.34. The first kappa shape index (κ1) is 29.7. The number of anilines is 3. The van der Waals surface area contributed by atoms with Crippen LogP contribution in [0.25, 0.3) is 11.3 Å². The number of aromatic nitrogens is 2. The number of rotatable bonds is 7. The number of benzene rings is 2. The molecule has 42 heavy (non-hydrogen) atoms. The second-order valence-electron chi connectivity index (χ2n) is 10.7. The van der Waals surface area contributed by atoms with Crippen molar-refractivity contribution in [3.63, 3.8) is 0 Å². The molecule has 2 fully saturated rings. The third kappa shape index (κ3) is 7.18. The van der Waals surface area contributed by atoms with E-state index in [2.05, 4.69) is 15.1 Å². The number of morpholine rings is 2. The third-order valence-corrected chi connectivity index (χ3v) is 7.18. The number of alkyl halides is 3. The van der Waals surface area contributed by atoms with Gasteiger partial charge in [-0.1, -0.05) is 6.07 Å². The Morgan fingerprint density at radius 3 is 2.26 bits per heavy atom. The van der Waals surface area contributed by atoms with Gasteiger partial charge in [0, 0.05) is 57.0 Å². The van der Waals surface area contributed by atoms with E-state index < -0.39 is 17.6 Å². The number of halogens is 3. The quantitative estimate of drug-likeness (QED) is 0.427. The molecule has 2 aliphatic heterocycles. The Labute approximate surface area is 244 Å². The number of aryl methyl sites for hydroxylation is 1. The van der Waals surface area contributed by atoms with Crippen molar-refractivity contribution in [3.8, 4) is 11.3 Å². The van der Waals surface area contributed by atoms with Crippen LogP contribution in [0.1, 0.15) is 28.5 Å². The molecule has 12 heteroatoms. The van der Waals surface area contributed by atoms with E-state index in [0.717, 1.165) is 29.1 Å². The molecule has 1 N–H and O–H groups in total. The molecule has 2 aliphatic rings. The number of amides is 1. The van der Waals surface area contributed by atoms with Crippen molar-refractivity contribution < 1.29 is 28.9 Å². The lowest BCUT2D eigenvalue weighted by Gasteiger charge is -2.31. The summed E-state index contributed by atoms with van der Waals surface area (Å²) in [6.45, 7) is 7.38. The van der Waals surface area contributed by atoms with E-state index in [9.17, 15) is 18.0 Å². The van der Waals surface area contributed by atoms with E-state index >= 15 is 0 Å². The van der Waals surface area contributed by atoms with Crippen LogP contribution in [0.2, 0.25) is 0 Å². The molecular weight excluding hydrogens is 549 g/mol. The van der Waals surface area contributed by atoms with Crippen LogP contribution in [0.4, 0.5) is 30.6 Å². The zero-order valence-electron chi connectivity index (χ0n) is 24.0. The Morgan fingerprint density at radius 2 is 1.62 bits per heavy atom. The molecule has 0 spiro atoms. The van der Waals surface area contributed by atoms with Gasteiger partial charge < -0.3 is 29.5 Å². The smallest absolute Gasteiger partial charge is 0.378 e. The largest absolute Gasteiger partial charge is 0.416 e. The zero-order valence-corrected chi connectivity index (χ0v) is 24.0. The van der Waals surface area contributed by atoms with Gasteiger partial charge in [0.05, 0.1) is 37.7 Å². The maximum Gasteiger partial charge on any atom is 0.416 e. The highest BCUT2D eigenvalue weighted by Gasteiger charge is 2.32. The van der Waals surface area contributed by atoms with E-state index in [4.69, 9.17) is 19.4 Å². The van der Waals surface area contributed by atoms with Gasteiger partial charge in [-0.05, 0) is 62.5 Å². The van der Waals surface area contributed by atoms with E-state index in [0.29, 0.717) is 75.5 Å². The number of ether oxygens (including phenoxy) is 2. The minimum atomic E-state index is -4.57. The molecule has 1 amide bonds. The lowest BCUT2D eigenvalue weighted by Crippen LogP contribution is -2.39. The minimum absolute atomic E-state index is 0. The molecule has 3 aromatic rings. The van der Waals surface area contributed by atoms with Gasteiger partial charge in [-0.15, -0.1) is 0 Å². The van der Waals surface area contributed by atoms with Crippen molar-refractivity contribution in [2.45, 2.75) is 19.6 Å². The first-order chi connectivity index (χ1) is 20.1. The molecule has 0 bridgehead atoms. The van der Waals surface area contributed by atoms with Crippen LogP contribution in [0, 0.1) is 6.92 Å². The summed E-state index contributed by atoms with van der Waals surface area (Å²) < 4.78 is 51.9. The molecule has 0 saturated carbocycles. The number of hydrogen-bond donors (Lipinski definition) is 1. The van der Waals surface area contributed by atoms with E-state index in [1.165, 1.54) is 6.07 Å². The molecule has 2 aromatic carbocycles. The van der Waals surface area contributed by atoms with Crippen molar-refractivity contribution in [1.82, 2.24) is 14.9 Å². The molecule has 226 valence electrons. The molecule has 0 radical (unpaired) electrons. The van der Waals surface area contributed by atoms with Crippen molar-refractivity contribution in [3.05, 3.63) is 64.7 Å². The number of carbonyl (C=O) groups excluding carboxylic acids is 1. The van der Waals surface area contributed by atoms with Gasteiger partial charge in [0.15, 0.2) is 0 Å². The van der Waals surface area contributed by atoms with Gasteiger partial charge in [-0.2, -0.15) is 18.2 Å². The molecule has 5 rings (SSSR count). The van der Waals surface area contributed by atoms with E-state index in [1.807, 2.05) is 19.1 Å². The number of nitrogens with zero attached hydrogens (tertiary/aromatic N) is 5. The third-order valence-electron chi connectivity index (χ3n) is 7.18. The Hall–Kier alpha value is -3.74. The van der Waals surface area contributed by atoms with Crippen LogP contribution in [0.5, 0.6) is 0 Å². The predicted octanol–water partition coefficient (Wildman–Crippen LogP) is 4.70. The first-order valence-electron chi connectivity index (χ1n) is 13.9. The number of nitrogens with one attached hydrogen (secondary N) is 1. The molecule has 0 atom stereocenters. The Kier molecular flexibility index (Phi) is 8.95. The van der Waals surface area contributed by atoms with Crippen molar-refractivity contribution >= 4 is 23.4 Å². The van der Waals surface area contributed by atoms with Gasteiger partial charge in [0.2, 0.25) is 5.95 Å². The molecule has 0 aliphatic carbocycles. The monoisotopic (exact) mass is 586 g/mol.